The van der Waals surface area contributed by atoms with Crippen LogP contribution in [0.2, 0.25) is 0 Å². The molecule has 0 radical (unpaired) electrons. The van der Waals surface area contributed by atoms with E-state index in [1.807, 2.05) is 12.1 Å². The molecule has 4 rings (SSSR count). The molecule has 0 N–H and O–H groups in total. The molecule has 10 nitrogen and oxygen atoms in total. The predicted molar refractivity (Wildman–Crippen MR) is 129 cm³/mol. The van der Waals surface area contributed by atoms with Gasteiger partial charge >= 0.3 is 0 Å². The number of carbonyl (C=O) groups excluding carboxylic acids is 1. The van der Waals surface area contributed by atoms with E-state index in [0.717, 1.165) is 9.87 Å². The molecule has 3 aromatic rings. The zero-order valence-corrected chi connectivity index (χ0v) is 20.9. The zero-order valence-electron chi connectivity index (χ0n) is 20.1. The molecule has 1 aliphatic rings. The number of hydrogen-bond acceptors (Lipinski definition) is 8. The highest BCUT2D eigenvalue weighted by Gasteiger charge is 2.29. The van der Waals surface area contributed by atoms with E-state index in [2.05, 4.69) is 0 Å². The van der Waals surface area contributed by atoms with Gasteiger partial charge in [0.15, 0.2) is 11.5 Å². The normalized spacial score (nSPS) is 12.6. The van der Waals surface area contributed by atoms with E-state index in [1.165, 1.54) is 32.6 Å². The smallest absolute Gasteiger partial charge is 0.243 e. The predicted octanol–water partition coefficient (Wildman–Crippen LogP) is 2.88. The third kappa shape index (κ3) is 5.99. The average Bonchev–Trinajstić information content (AvgIpc) is 3.57. The van der Waals surface area contributed by atoms with Gasteiger partial charge in [-0.2, -0.15) is 4.31 Å². The summed E-state index contributed by atoms with van der Waals surface area (Å²) in [5.41, 5.74) is 0.806. The standard InChI is InChI=1S/C25H28N2O8S/c1-31-13-11-27(36(29,30)22-8-6-20(32-2)7-9-22)17-25(28)26(16-21-4-3-12-33-21)15-19-5-10-23-24(14-19)35-18-34-23/h3-10,12,14H,11,13,15-18H2,1-2H3. The summed E-state index contributed by atoms with van der Waals surface area (Å²) in [6.45, 7) is 0.296. The van der Waals surface area contributed by atoms with Gasteiger partial charge in [-0.25, -0.2) is 8.42 Å². The van der Waals surface area contributed by atoms with Crippen molar-refractivity contribution in [3.63, 3.8) is 0 Å². The maximum Gasteiger partial charge on any atom is 0.243 e. The summed E-state index contributed by atoms with van der Waals surface area (Å²) in [7, 11) is -1.00. The van der Waals surface area contributed by atoms with Crippen molar-refractivity contribution in [3.8, 4) is 17.2 Å². The van der Waals surface area contributed by atoms with Crippen LogP contribution in [0.25, 0.3) is 0 Å². The van der Waals surface area contributed by atoms with Crippen LogP contribution in [0.3, 0.4) is 0 Å². The maximum absolute atomic E-state index is 13.5. The lowest BCUT2D eigenvalue weighted by Crippen LogP contribution is -2.43. The highest BCUT2D eigenvalue weighted by Crippen LogP contribution is 2.33. The Labute approximate surface area is 210 Å². The number of benzene rings is 2. The summed E-state index contributed by atoms with van der Waals surface area (Å²) in [6.07, 6.45) is 1.53. The number of sulfonamides is 1. The number of furan rings is 1. The fourth-order valence-electron chi connectivity index (χ4n) is 3.71. The number of rotatable bonds is 12. The van der Waals surface area contributed by atoms with Crippen LogP contribution in [-0.4, -0.2) is 64.2 Å². The minimum Gasteiger partial charge on any atom is -0.497 e. The van der Waals surface area contributed by atoms with Gasteiger partial charge in [0.1, 0.15) is 11.5 Å². The molecule has 0 unspecified atom stereocenters. The van der Waals surface area contributed by atoms with Crippen LogP contribution >= 0.6 is 0 Å². The molecule has 0 bridgehead atoms. The van der Waals surface area contributed by atoms with Crippen molar-refractivity contribution < 1.29 is 36.6 Å². The largest absolute Gasteiger partial charge is 0.497 e. The molecule has 2 heterocycles. The summed E-state index contributed by atoms with van der Waals surface area (Å²) in [5, 5.41) is 0. The average molecular weight is 517 g/mol. The number of hydrogen-bond donors (Lipinski definition) is 0. The third-order valence-electron chi connectivity index (χ3n) is 5.64. The van der Waals surface area contributed by atoms with E-state index in [1.54, 1.807) is 35.2 Å². The van der Waals surface area contributed by atoms with Gasteiger partial charge in [0.25, 0.3) is 0 Å². The lowest BCUT2D eigenvalue weighted by atomic mass is 10.2. The van der Waals surface area contributed by atoms with E-state index < -0.39 is 15.9 Å². The molecule has 36 heavy (non-hydrogen) atoms. The van der Waals surface area contributed by atoms with Gasteiger partial charge < -0.3 is 28.3 Å². The lowest BCUT2D eigenvalue weighted by Gasteiger charge is -2.27. The molecule has 11 heteroatoms. The Kier molecular flexibility index (Phi) is 8.14. The molecule has 192 valence electrons. The first-order valence-corrected chi connectivity index (χ1v) is 12.7. The van der Waals surface area contributed by atoms with E-state index >= 15 is 0 Å². The summed E-state index contributed by atoms with van der Waals surface area (Å²) in [6, 6.07) is 14.9. The number of nitrogens with zero attached hydrogens (tertiary/aromatic N) is 2. The van der Waals surface area contributed by atoms with Gasteiger partial charge in [-0.3, -0.25) is 4.79 Å². The monoisotopic (exact) mass is 516 g/mol. The van der Waals surface area contributed by atoms with Crippen molar-refractivity contribution in [1.82, 2.24) is 9.21 Å². The second-order valence-electron chi connectivity index (χ2n) is 8.02. The molecule has 0 atom stereocenters. The molecule has 0 saturated heterocycles. The molecule has 1 amide bonds. The Hall–Kier alpha value is -3.54. The minimum atomic E-state index is -3.98. The van der Waals surface area contributed by atoms with Crippen molar-refractivity contribution in [2.75, 3.05) is 40.7 Å². The molecule has 0 spiro atoms. The van der Waals surface area contributed by atoms with Gasteiger partial charge in [0.05, 0.1) is 38.0 Å². The second kappa shape index (κ2) is 11.5. The summed E-state index contributed by atoms with van der Waals surface area (Å²) >= 11 is 0. The summed E-state index contributed by atoms with van der Waals surface area (Å²) < 4.78 is 54.4. The van der Waals surface area contributed by atoms with E-state index in [9.17, 15) is 13.2 Å². The van der Waals surface area contributed by atoms with Crippen molar-refractivity contribution in [2.24, 2.45) is 0 Å². The molecular formula is C25H28N2O8S. The first kappa shape index (κ1) is 25.5. The highest BCUT2D eigenvalue weighted by atomic mass is 32.2. The van der Waals surface area contributed by atoms with Crippen molar-refractivity contribution in [2.45, 2.75) is 18.0 Å². The van der Waals surface area contributed by atoms with Crippen LogP contribution in [-0.2, 0) is 32.6 Å². The van der Waals surface area contributed by atoms with Gasteiger partial charge in [-0.05, 0) is 54.1 Å². The van der Waals surface area contributed by atoms with Crippen LogP contribution in [0.5, 0.6) is 17.2 Å². The van der Waals surface area contributed by atoms with Gasteiger partial charge in [0.2, 0.25) is 22.7 Å². The summed E-state index contributed by atoms with van der Waals surface area (Å²) in [4.78, 5) is 15.1. The Balaban J connectivity index is 1.57. The molecule has 0 saturated carbocycles. The maximum atomic E-state index is 13.5. The molecule has 0 fully saturated rings. The Morgan fingerprint density at radius 2 is 1.78 bits per heavy atom. The van der Waals surface area contributed by atoms with E-state index in [-0.39, 0.29) is 44.5 Å². The first-order valence-electron chi connectivity index (χ1n) is 11.2. The second-order valence-corrected chi connectivity index (χ2v) is 9.96. The third-order valence-corrected chi connectivity index (χ3v) is 7.50. The van der Waals surface area contributed by atoms with Gasteiger partial charge in [-0.1, -0.05) is 6.07 Å². The Bertz CT molecular complexity index is 1260. The molecule has 1 aliphatic heterocycles. The zero-order chi connectivity index (χ0) is 25.5. The van der Waals surface area contributed by atoms with Crippen LogP contribution in [0.15, 0.2) is 70.2 Å². The van der Waals surface area contributed by atoms with Gasteiger partial charge in [0, 0.05) is 20.2 Å². The van der Waals surface area contributed by atoms with Crippen molar-refractivity contribution >= 4 is 15.9 Å². The van der Waals surface area contributed by atoms with E-state index in [0.29, 0.717) is 23.0 Å². The number of methoxy groups -OCH3 is 2. The molecule has 2 aromatic carbocycles. The van der Waals surface area contributed by atoms with Gasteiger partial charge in [-0.15, -0.1) is 0 Å². The van der Waals surface area contributed by atoms with Crippen LogP contribution < -0.4 is 14.2 Å². The number of amides is 1. The molecule has 1 aromatic heterocycles. The van der Waals surface area contributed by atoms with Crippen LogP contribution in [0.4, 0.5) is 0 Å². The SMILES string of the molecule is COCCN(CC(=O)N(Cc1ccc2c(c1)OCO2)Cc1ccco1)S(=O)(=O)c1ccc(OC)cc1. The quantitative estimate of drug-likeness (QED) is 0.362. The fourth-order valence-corrected chi connectivity index (χ4v) is 5.08. The highest BCUT2D eigenvalue weighted by molar-refractivity contribution is 7.89. The first-order chi connectivity index (χ1) is 17.4. The van der Waals surface area contributed by atoms with E-state index in [4.69, 9.17) is 23.4 Å². The number of carbonyl (C=O) groups is 1. The number of ether oxygens (including phenoxy) is 4. The van der Waals surface area contributed by atoms with Crippen LogP contribution in [0, 0.1) is 0 Å². The topological polar surface area (TPSA) is 108 Å². The lowest BCUT2D eigenvalue weighted by molar-refractivity contribution is -0.133. The van der Waals surface area contributed by atoms with Crippen molar-refractivity contribution in [3.05, 3.63) is 72.2 Å². The minimum absolute atomic E-state index is 0.00915. The molecular weight excluding hydrogens is 488 g/mol. The summed E-state index contributed by atoms with van der Waals surface area (Å²) in [5.74, 6) is 1.95. The van der Waals surface area contributed by atoms with Crippen molar-refractivity contribution in [1.29, 1.82) is 0 Å². The Morgan fingerprint density at radius 3 is 2.47 bits per heavy atom. The fraction of sp³-hybridized carbons (Fsp3) is 0.320. The number of fused-ring (bicyclic) bond motifs is 1. The Morgan fingerprint density at radius 1 is 1.00 bits per heavy atom. The van der Waals surface area contributed by atoms with Crippen LogP contribution in [0.1, 0.15) is 11.3 Å². The molecule has 0 aliphatic carbocycles.